The summed E-state index contributed by atoms with van der Waals surface area (Å²) >= 11 is 0. The predicted molar refractivity (Wildman–Crippen MR) is 53.4 cm³/mol. The molecule has 0 fully saturated rings. The fourth-order valence-electron chi connectivity index (χ4n) is 1.91. The first-order valence-corrected chi connectivity index (χ1v) is 4.73. The number of likely N-dealkylation sites (N-methyl/N-ethyl adjacent to an activating group) is 1. The normalized spacial score (nSPS) is 17.0. The summed E-state index contributed by atoms with van der Waals surface area (Å²) in [4.78, 5) is 2.25. The highest BCUT2D eigenvalue weighted by Gasteiger charge is 2.24. The van der Waals surface area contributed by atoms with Crippen molar-refractivity contribution in [3.63, 3.8) is 0 Å². The summed E-state index contributed by atoms with van der Waals surface area (Å²) in [6.07, 6.45) is 1.44. The largest absolute Gasteiger partial charge is 0.380 e. The summed E-state index contributed by atoms with van der Waals surface area (Å²) in [5, 5.41) is 0. The Hall–Kier alpha value is -0.0800. The molecule has 12 heavy (non-hydrogen) atoms. The Balaban J connectivity index is 4.26. The van der Waals surface area contributed by atoms with E-state index in [0.717, 1.165) is 6.42 Å². The van der Waals surface area contributed by atoms with Gasteiger partial charge < -0.3 is 9.64 Å². The first kappa shape index (κ1) is 11.9. The molecule has 0 bridgehead atoms. The molecule has 2 nitrogen and oxygen atoms in total. The van der Waals surface area contributed by atoms with E-state index >= 15 is 0 Å². The number of rotatable bonds is 5. The lowest BCUT2D eigenvalue weighted by Gasteiger charge is -2.33. The molecule has 0 N–H and O–H groups in total. The molecule has 0 aromatic rings. The zero-order valence-corrected chi connectivity index (χ0v) is 9.29. The van der Waals surface area contributed by atoms with Gasteiger partial charge >= 0.3 is 0 Å². The van der Waals surface area contributed by atoms with Crippen molar-refractivity contribution < 1.29 is 4.74 Å². The van der Waals surface area contributed by atoms with Crippen molar-refractivity contribution >= 4 is 0 Å². The highest BCUT2D eigenvalue weighted by Crippen LogP contribution is 2.16. The van der Waals surface area contributed by atoms with Gasteiger partial charge in [-0.05, 0) is 26.4 Å². The Bertz CT molecular complexity index is 100. The Kier molecular flexibility index (Phi) is 5.51. The van der Waals surface area contributed by atoms with Crippen molar-refractivity contribution in [2.24, 2.45) is 5.92 Å². The third-order valence-electron chi connectivity index (χ3n) is 2.37. The molecule has 74 valence electrons. The minimum Gasteiger partial charge on any atom is -0.380 e. The molecule has 0 aliphatic carbocycles. The average molecular weight is 173 g/mol. The quantitative estimate of drug-likeness (QED) is 0.630. The van der Waals surface area contributed by atoms with Gasteiger partial charge in [-0.2, -0.15) is 0 Å². The van der Waals surface area contributed by atoms with E-state index in [2.05, 4.69) is 39.8 Å². The van der Waals surface area contributed by atoms with Gasteiger partial charge in [-0.25, -0.2) is 0 Å². The van der Waals surface area contributed by atoms with E-state index in [1.807, 2.05) is 0 Å². The van der Waals surface area contributed by atoms with E-state index < -0.39 is 0 Å². The number of hydrogen-bond donors (Lipinski definition) is 0. The zero-order chi connectivity index (χ0) is 9.72. The summed E-state index contributed by atoms with van der Waals surface area (Å²) < 4.78 is 5.44. The third kappa shape index (κ3) is 3.11. The number of ether oxygens (including phenoxy) is 1. The monoisotopic (exact) mass is 173 g/mol. The van der Waals surface area contributed by atoms with Gasteiger partial charge in [0.2, 0.25) is 0 Å². The second kappa shape index (κ2) is 5.55. The lowest BCUT2D eigenvalue weighted by Crippen LogP contribution is -2.43. The maximum Gasteiger partial charge on any atom is 0.0726 e. The molecular formula is C10H23NO. The minimum absolute atomic E-state index is 0.361. The SMILES string of the molecule is CCC(OC)C(C(C)C)N(C)C. The molecule has 0 heterocycles. The van der Waals surface area contributed by atoms with Crippen molar-refractivity contribution in [1.82, 2.24) is 4.90 Å². The molecule has 0 spiro atoms. The maximum absolute atomic E-state index is 5.44. The molecule has 0 aromatic carbocycles. The molecule has 2 unspecified atom stereocenters. The van der Waals surface area contributed by atoms with Crippen LogP contribution in [0, 0.1) is 5.92 Å². The van der Waals surface area contributed by atoms with E-state index in [-0.39, 0.29) is 0 Å². The van der Waals surface area contributed by atoms with Crippen LogP contribution < -0.4 is 0 Å². The number of hydrogen-bond acceptors (Lipinski definition) is 2. The van der Waals surface area contributed by atoms with Gasteiger partial charge in [-0.3, -0.25) is 0 Å². The first-order valence-electron chi connectivity index (χ1n) is 4.73. The van der Waals surface area contributed by atoms with Crippen LogP contribution in [0.5, 0.6) is 0 Å². The van der Waals surface area contributed by atoms with Gasteiger partial charge in [-0.15, -0.1) is 0 Å². The molecular weight excluding hydrogens is 150 g/mol. The molecule has 0 amide bonds. The maximum atomic E-state index is 5.44. The Morgan fingerprint density at radius 2 is 1.75 bits per heavy atom. The predicted octanol–water partition coefficient (Wildman–Crippen LogP) is 2.00. The summed E-state index contributed by atoms with van der Waals surface area (Å²) in [6, 6.07) is 0.528. The van der Waals surface area contributed by atoms with Crippen molar-refractivity contribution in [2.45, 2.75) is 39.3 Å². The van der Waals surface area contributed by atoms with Crippen molar-refractivity contribution in [2.75, 3.05) is 21.2 Å². The summed E-state index contributed by atoms with van der Waals surface area (Å²) in [7, 11) is 6.03. The van der Waals surface area contributed by atoms with Crippen LogP contribution in [0.2, 0.25) is 0 Å². The summed E-state index contributed by atoms with van der Waals surface area (Å²) in [5.74, 6) is 0.643. The standard InChI is InChI=1S/C10H23NO/c1-7-9(12-6)10(8(2)3)11(4)5/h8-10H,7H2,1-6H3. The first-order chi connectivity index (χ1) is 5.54. The minimum atomic E-state index is 0.361. The van der Waals surface area contributed by atoms with Crippen LogP contribution in [-0.4, -0.2) is 38.3 Å². The fourth-order valence-corrected chi connectivity index (χ4v) is 1.91. The van der Waals surface area contributed by atoms with E-state index in [1.165, 1.54) is 0 Å². The summed E-state index contributed by atoms with van der Waals surface area (Å²) in [6.45, 7) is 6.66. The van der Waals surface area contributed by atoms with Gasteiger partial charge in [0.1, 0.15) is 0 Å². The van der Waals surface area contributed by atoms with Gasteiger partial charge in [0.25, 0.3) is 0 Å². The van der Waals surface area contributed by atoms with Gasteiger partial charge in [0, 0.05) is 13.2 Å². The van der Waals surface area contributed by atoms with Crippen LogP contribution >= 0.6 is 0 Å². The second-order valence-corrected chi connectivity index (χ2v) is 3.88. The average Bonchev–Trinajstić information content (AvgIpc) is 1.98. The smallest absolute Gasteiger partial charge is 0.0726 e. The van der Waals surface area contributed by atoms with E-state index in [0.29, 0.717) is 18.1 Å². The third-order valence-corrected chi connectivity index (χ3v) is 2.37. The lowest BCUT2D eigenvalue weighted by molar-refractivity contribution is 0.0108. The van der Waals surface area contributed by atoms with Crippen LogP contribution in [0.15, 0.2) is 0 Å². The summed E-state index contributed by atoms with van der Waals surface area (Å²) in [5.41, 5.74) is 0. The Morgan fingerprint density at radius 3 is 1.83 bits per heavy atom. The topological polar surface area (TPSA) is 12.5 Å². The highest BCUT2D eigenvalue weighted by molar-refractivity contribution is 4.78. The van der Waals surface area contributed by atoms with Crippen LogP contribution in [0.3, 0.4) is 0 Å². The van der Waals surface area contributed by atoms with E-state index in [4.69, 9.17) is 4.74 Å². The van der Waals surface area contributed by atoms with Crippen LogP contribution in [0.25, 0.3) is 0 Å². The number of methoxy groups -OCH3 is 1. The Labute approximate surface area is 76.9 Å². The van der Waals surface area contributed by atoms with Gasteiger partial charge in [0.05, 0.1) is 6.10 Å². The second-order valence-electron chi connectivity index (χ2n) is 3.88. The molecule has 0 rings (SSSR count). The van der Waals surface area contributed by atoms with Gasteiger partial charge in [0.15, 0.2) is 0 Å². The molecule has 0 saturated heterocycles. The fraction of sp³-hybridized carbons (Fsp3) is 1.00. The molecule has 0 saturated carbocycles. The Morgan fingerprint density at radius 1 is 1.25 bits per heavy atom. The van der Waals surface area contributed by atoms with Gasteiger partial charge in [-0.1, -0.05) is 20.8 Å². The lowest BCUT2D eigenvalue weighted by atomic mass is 9.96. The van der Waals surface area contributed by atoms with E-state index in [1.54, 1.807) is 7.11 Å². The van der Waals surface area contributed by atoms with Crippen molar-refractivity contribution in [3.8, 4) is 0 Å². The molecule has 0 aromatic heterocycles. The van der Waals surface area contributed by atoms with E-state index in [9.17, 15) is 0 Å². The molecule has 0 radical (unpaired) electrons. The van der Waals surface area contributed by atoms with Crippen molar-refractivity contribution in [3.05, 3.63) is 0 Å². The molecule has 0 aliphatic rings. The molecule has 2 atom stereocenters. The molecule has 2 heteroatoms. The van der Waals surface area contributed by atoms with Crippen LogP contribution in [0.4, 0.5) is 0 Å². The van der Waals surface area contributed by atoms with Crippen molar-refractivity contribution in [1.29, 1.82) is 0 Å². The van der Waals surface area contributed by atoms with Crippen LogP contribution in [0.1, 0.15) is 27.2 Å². The zero-order valence-electron chi connectivity index (χ0n) is 9.29. The molecule has 0 aliphatic heterocycles. The van der Waals surface area contributed by atoms with Crippen LogP contribution in [-0.2, 0) is 4.74 Å². The number of nitrogens with zero attached hydrogens (tertiary/aromatic N) is 1. The highest BCUT2D eigenvalue weighted by atomic mass is 16.5.